The van der Waals surface area contributed by atoms with Crippen LogP contribution in [0.3, 0.4) is 0 Å². The van der Waals surface area contributed by atoms with E-state index in [1.165, 1.54) is 42.4 Å². The highest BCUT2D eigenvalue weighted by atomic mass is 14.6. The molecule has 15 heavy (non-hydrogen) atoms. The number of hydrogen-bond donors (Lipinski definition) is 1. The third kappa shape index (κ3) is 1.81. The molecule has 0 saturated heterocycles. The van der Waals surface area contributed by atoms with Crippen molar-refractivity contribution in [2.24, 2.45) is 5.73 Å². The summed E-state index contributed by atoms with van der Waals surface area (Å²) < 4.78 is 0. The highest BCUT2D eigenvalue weighted by molar-refractivity contribution is 5.37. The summed E-state index contributed by atoms with van der Waals surface area (Å²) in [5, 5.41) is 0. The molecule has 1 aromatic carbocycles. The normalized spacial score (nSPS) is 19.4. The van der Waals surface area contributed by atoms with Crippen molar-refractivity contribution in [3.8, 4) is 0 Å². The van der Waals surface area contributed by atoms with Gasteiger partial charge in [0.1, 0.15) is 0 Å². The summed E-state index contributed by atoms with van der Waals surface area (Å²) in [5.41, 5.74) is 10.6. The summed E-state index contributed by atoms with van der Waals surface area (Å²) in [5.74, 6) is 0. The summed E-state index contributed by atoms with van der Waals surface area (Å²) in [6.45, 7) is 5.18. The van der Waals surface area contributed by atoms with E-state index in [0.717, 1.165) is 6.54 Å². The first-order chi connectivity index (χ1) is 7.18. The van der Waals surface area contributed by atoms with E-state index in [0.29, 0.717) is 0 Å². The molecule has 82 valence electrons. The maximum absolute atomic E-state index is 6.02. The van der Waals surface area contributed by atoms with Crippen molar-refractivity contribution in [2.75, 3.05) is 6.54 Å². The molecule has 0 aromatic heterocycles. The van der Waals surface area contributed by atoms with E-state index in [2.05, 4.69) is 32.0 Å². The van der Waals surface area contributed by atoms with E-state index in [1.807, 2.05) is 0 Å². The summed E-state index contributed by atoms with van der Waals surface area (Å²) in [6.07, 6.45) is 5.22. The first-order valence-electron chi connectivity index (χ1n) is 5.96. The molecule has 2 N–H and O–H groups in total. The van der Waals surface area contributed by atoms with E-state index in [1.54, 1.807) is 0 Å². The molecule has 1 saturated carbocycles. The van der Waals surface area contributed by atoms with Crippen molar-refractivity contribution >= 4 is 0 Å². The first-order valence-corrected chi connectivity index (χ1v) is 5.96. The molecule has 1 aliphatic carbocycles. The van der Waals surface area contributed by atoms with Crippen LogP contribution < -0.4 is 5.73 Å². The molecule has 1 heteroatoms. The average molecular weight is 203 g/mol. The Balaban J connectivity index is 2.46. The third-order valence-corrected chi connectivity index (χ3v) is 3.92. The van der Waals surface area contributed by atoms with Crippen LogP contribution in [0, 0.1) is 13.8 Å². The molecule has 0 unspecified atom stereocenters. The van der Waals surface area contributed by atoms with Gasteiger partial charge < -0.3 is 5.73 Å². The van der Waals surface area contributed by atoms with Gasteiger partial charge in [0.15, 0.2) is 0 Å². The molecular formula is C14H21N. The largest absolute Gasteiger partial charge is 0.330 e. The highest BCUT2D eigenvalue weighted by Gasteiger charge is 2.35. The lowest BCUT2D eigenvalue weighted by atomic mass is 9.76. The molecule has 0 spiro atoms. The molecule has 1 aromatic rings. The summed E-state index contributed by atoms with van der Waals surface area (Å²) in [7, 11) is 0. The summed E-state index contributed by atoms with van der Waals surface area (Å²) >= 11 is 0. The average Bonchev–Trinajstić information content (AvgIpc) is 2.71. The van der Waals surface area contributed by atoms with Crippen LogP contribution in [-0.4, -0.2) is 6.54 Å². The van der Waals surface area contributed by atoms with Gasteiger partial charge in [-0.1, -0.05) is 36.6 Å². The van der Waals surface area contributed by atoms with E-state index in [9.17, 15) is 0 Å². The van der Waals surface area contributed by atoms with Crippen molar-refractivity contribution in [1.82, 2.24) is 0 Å². The smallest absolute Gasteiger partial charge is 0.00782 e. The predicted molar refractivity (Wildman–Crippen MR) is 65.1 cm³/mol. The molecule has 1 fully saturated rings. The van der Waals surface area contributed by atoms with Crippen molar-refractivity contribution in [2.45, 2.75) is 44.9 Å². The third-order valence-electron chi connectivity index (χ3n) is 3.92. The minimum Gasteiger partial charge on any atom is -0.330 e. The van der Waals surface area contributed by atoms with Gasteiger partial charge in [-0.25, -0.2) is 0 Å². The lowest BCUT2D eigenvalue weighted by Crippen LogP contribution is -2.32. The fraction of sp³-hybridized carbons (Fsp3) is 0.571. The Kier molecular flexibility index (Phi) is 2.83. The Morgan fingerprint density at radius 3 is 2.47 bits per heavy atom. The molecule has 0 radical (unpaired) electrons. The SMILES string of the molecule is Cc1ccc(C)c(C2(CN)CCCC2)c1. The van der Waals surface area contributed by atoms with Crippen LogP contribution in [0.15, 0.2) is 18.2 Å². The van der Waals surface area contributed by atoms with E-state index in [-0.39, 0.29) is 5.41 Å². The van der Waals surface area contributed by atoms with Gasteiger partial charge in [-0.2, -0.15) is 0 Å². The molecule has 2 rings (SSSR count). The van der Waals surface area contributed by atoms with Gasteiger partial charge in [-0.3, -0.25) is 0 Å². The van der Waals surface area contributed by atoms with Crippen LogP contribution in [0.2, 0.25) is 0 Å². The van der Waals surface area contributed by atoms with Gasteiger partial charge in [0.05, 0.1) is 0 Å². The molecule has 1 aliphatic rings. The minimum atomic E-state index is 0.288. The van der Waals surface area contributed by atoms with Crippen LogP contribution in [-0.2, 0) is 5.41 Å². The summed E-state index contributed by atoms with van der Waals surface area (Å²) in [6, 6.07) is 6.77. The Labute approximate surface area is 92.7 Å². The topological polar surface area (TPSA) is 26.0 Å². The van der Waals surface area contributed by atoms with E-state index < -0.39 is 0 Å². The van der Waals surface area contributed by atoms with E-state index >= 15 is 0 Å². The van der Waals surface area contributed by atoms with Gasteiger partial charge in [0.2, 0.25) is 0 Å². The Bertz CT molecular complexity index is 348. The monoisotopic (exact) mass is 203 g/mol. The maximum atomic E-state index is 6.02. The van der Waals surface area contributed by atoms with Crippen LogP contribution in [0.5, 0.6) is 0 Å². The van der Waals surface area contributed by atoms with Gasteiger partial charge in [-0.05, 0) is 37.8 Å². The number of hydrogen-bond acceptors (Lipinski definition) is 1. The van der Waals surface area contributed by atoms with Gasteiger partial charge in [-0.15, -0.1) is 0 Å². The Morgan fingerprint density at radius 1 is 1.20 bits per heavy atom. The minimum absolute atomic E-state index is 0.288. The Hall–Kier alpha value is -0.820. The van der Waals surface area contributed by atoms with Crippen molar-refractivity contribution in [3.63, 3.8) is 0 Å². The highest BCUT2D eigenvalue weighted by Crippen LogP contribution is 2.41. The number of nitrogens with two attached hydrogens (primary N) is 1. The second kappa shape index (κ2) is 3.97. The molecule has 0 aliphatic heterocycles. The predicted octanol–water partition coefficient (Wildman–Crippen LogP) is 3.07. The molecule has 1 nitrogen and oxygen atoms in total. The van der Waals surface area contributed by atoms with Crippen LogP contribution in [0.4, 0.5) is 0 Å². The zero-order valence-electron chi connectivity index (χ0n) is 9.84. The number of rotatable bonds is 2. The number of benzene rings is 1. The van der Waals surface area contributed by atoms with Gasteiger partial charge in [0, 0.05) is 12.0 Å². The fourth-order valence-corrected chi connectivity index (χ4v) is 2.94. The van der Waals surface area contributed by atoms with Crippen molar-refractivity contribution in [1.29, 1.82) is 0 Å². The van der Waals surface area contributed by atoms with Gasteiger partial charge >= 0.3 is 0 Å². The second-order valence-electron chi connectivity index (χ2n) is 5.01. The Morgan fingerprint density at radius 2 is 1.87 bits per heavy atom. The zero-order chi connectivity index (χ0) is 10.9. The van der Waals surface area contributed by atoms with Crippen LogP contribution >= 0.6 is 0 Å². The standard InChI is InChI=1S/C14H21N/c1-11-5-6-12(2)13(9-11)14(10-15)7-3-4-8-14/h5-6,9H,3-4,7-8,10,15H2,1-2H3. The van der Waals surface area contributed by atoms with Crippen LogP contribution in [0.1, 0.15) is 42.4 Å². The maximum Gasteiger partial charge on any atom is 0.00782 e. The lowest BCUT2D eigenvalue weighted by molar-refractivity contribution is 0.450. The van der Waals surface area contributed by atoms with E-state index in [4.69, 9.17) is 5.73 Å². The van der Waals surface area contributed by atoms with Gasteiger partial charge in [0.25, 0.3) is 0 Å². The molecule has 0 bridgehead atoms. The molecular weight excluding hydrogens is 182 g/mol. The quantitative estimate of drug-likeness (QED) is 0.785. The summed E-state index contributed by atoms with van der Waals surface area (Å²) in [4.78, 5) is 0. The zero-order valence-corrected chi connectivity index (χ0v) is 9.84. The molecule has 0 amide bonds. The lowest BCUT2D eigenvalue weighted by Gasteiger charge is -2.30. The fourth-order valence-electron chi connectivity index (χ4n) is 2.94. The molecule has 0 heterocycles. The van der Waals surface area contributed by atoms with Crippen molar-refractivity contribution < 1.29 is 0 Å². The first kappa shape index (κ1) is 10.7. The van der Waals surface area contributed by atoms with Crippen LogP contribution in [0.25, 0.3) is 0 Å². The second-order valence-corrected chi connectivity index (χ2v) is 5.01. The van der Waals surface area contributed by atoms with Crippen molar-refractivity contribution in [3.05, 3.63) is 34.9 Å². The number of aryl methyl sites for hydroxylation is 2. The molecule has 0 atom stereocenters.